The lowest BCUT2D eigenvalue weighted by Gasteiger charge is -2.36. The fraction of sp³-hybridized carbons (Fsp3) is 0.526. The van der Waals surface area contributed by atoms with E-state index in [1.54, 1.807) is 4.90 Å². The van der Waals surface area contributed by atoms with E-state index in [2.05, 4.69) is 9.98 Å². The molecule has 1 aliphatic rings. The predicted octanol–water partition coefficient (Wildman–Crippen LogP) is 2.01. The van der Waals surface area contributed by atoms with Crippen molar-refractivity contribution in [3.63, 3.8) is 0 Å². The third-order valence-electron chi connectivity index (χ3n) is 4.40. The summed E-state index contributed by atoms with van der Waals surface area (Å²) in [5.41, 5.74) is 8.57. The summed E-state index contributed by atoms with van der Waals surface area (Å²) < 4.78 is 7.46. The van der Waals surface area contributed by atoms with Gasteiger partial charge in [0.05, 0.1) is 12.2 Å². The highest BCUT2D eigenvalue weighted by Crippen LogP contribution is 2.12. The zero-order valence-corrected chi connectivity index (χ0v) is 16.5. The van der Waals surface area contributed by atoms with Crippen LogP contribution in [0.5, 0.6) is 0 Å². The van der Waals surface area contributed by atoms with Crippen molar-refractivity contribution >= 4 is 17.7 Å². The first-order valence-electron chi connectivity index (χ1n) is 9.19. The van der Waals surface area contributed by atoms with Gasteiger partial charge >= 0.3 is 6.09 Å². The van der Waals surface area contributed by atoms with Gasteiger partial charge < -0.3 is 24.7 Å². The first-order valence-corrected chi connectivity index (χ1v) is 9.19. The Labute approximate surface area is 159 Å². The Morgan fingerprint density at radius 3 is 2.52 bits per heavy atom. The van der Waals surface area contributed by atoms with Gasteiger partial charge in [-0.25, -0.2) is 14.8 Å². The van der Waals surface area contributed by atoms with Crippen LogP contribution in [0.15, 0.2) is 29.4 Å². The summed E-state index contributed by atoms with van der Waals surface area (Å²) in [6, 6.07) is 6.00. The molecule has 0 aliphatic carbocycles. The van der Waals surface area contributed by atoms with Crippen molar-refractivity contribution in [2.45, 2.75) is 39.8 Å². The summed E-state index contributed by atoms with van der Waals surface area (Å²) >= 11 is 0. The summed E-state index contributed by atoms with van der Waals surface area (Å²) in [6.45, 7) is 10.5. The number of nitrogens with two attached hydrogens (primary N) is 1. The molecule has 8 nitrogen and oxygen atoms in total. The molecule has 1 aliphatic heterocycles. The number of piperazine rings is 1. The van der Waals surface area contributed by atoms with Crippen molar-refractivity contribution in [3.8, 4) is 0 Å². The molecule has 8 heteroatoms. The Bertz CT molecular complexity index is 843. The molecule has 2 N–H and O–H groups in total. The van der Waals surface area contributed by atoms with E-state index < -0.39 is 5.60 Å². The van der Waals surface area contributed by atoms with Crippen LogP contribution < -0.4 is 5.73 Å². The molecule has 0 atom stereocenters. The molecule has 0 aromatic carbocycles. The number of carbonyl (C=O) groups is 1. The van der Waals surface area contributed by atoms with Gasteiger partial charge in [-0.3, -0.25) is 0 Å². The second kappa shape index (κ2) is 7.46. The van der Waals surface area contributed by atoms with Crippen LogP contribution in [-0.2, 0) is 11.3 Å². The molecule has 1 saturated heterocycles. The number of pyridine rings is 1. The number of guanidine groups is 1. The predicted molar refractivity (Wildman–Crippen MR) is 105 cm³/mol. The summed E-state index contributed by atoms with van der Waals surface area (Å²) in [4.78, 5) is 24.9. The highest BCUT2D eigenvalue weighted by molar-refractivity contribution is 5.78. The van der Waals surface area contributed by atoms with Crippen molar-refractivity contribution in [1.82, 2.24) is 19.2 Å². The van der Waals surface area contributed by atoms with E-state index in [0.29, 0.717) is 38.7 Å². The molecule has 0 unspecified atom stereocenters. The number of rotatable bonds is 2. The first-order chi connectivity index (χ1) is 12.7. The summed E-state index contributed by atoms with van der Waals surface area (Å²) in [7, 11) is 0. The minimum Gasteiger partial charge on any atom is -0.444 e. The number of fused-ring (bicyclic) bond motifs is 1. The number of amides is 1. The van der Waals surface area contributed by atoms with Gasteiger partial charge in [-0.1, -0.05) is 6.07 Å². The second-order valence-corrected chi connectivity index (χ2v) is 7.76. The summed E-state index contributed by atoms with van der Waals surface area (Å²) in [5.74, 6) is 0.479. The quantitative estimate of drug-likeness (QED) is 0.643. The largest absolute Gasteiger partial charge is 0.444 e. The number of hydrogen-bond acceptors (Lipinski definition) is 4. The number of aromatic nitrogens is 2. The Hall–Kier alpha value is -2.77. The maximum absolute atomic E-state index is 12.1. The lowest BCUT2D eigenvalue weighted by Crippen LogP contribution is -2.53. The molecule has 2 aromatic heterocycles. The van der Waals surface area contributed by atoms with Crippen LogP contribution in [0.2, 0.25) is 0 Å². The number of imidazole rings is 1. The van der Waals surface area contributed by atoms with Gasteiger partial charge in [0.2, 0.25) is 0 Å². The topological polar surface area (TPSA) is 88.5 Å². The average molecular weight is 372 g/mol. The van der Waals surface area contributed by atoms with E-state index >= 15 is 0 Å². The van der Waals surface area contributed by atoms with Crippen LogP contribution in [0.3, 0.4) is 0 Å². The van der Waals surface area contributed by atoms with E-state index in [4.69, 9.17) is 10.5 Å². The molecule has 3 rings (SSSR count). The lowest BCUT2D eigenvalue weighted by molar-refractivity contribution is 0.0186. The minimum absolute atomic E-state index is 0.280. The standard InChI is InChI=1S/C19H28N6O2/c1-14-6-5-7-16-22-15(13-25(14)16)12-21-17(20)23-8-10-24(11-9-23)18(26)27-19(2,3)4/h5-7,13H,8-12H2,1-4H3,(H2,20,21). The molecular weight excluding hydrogens is 344 g/mol. The highest BCUT2D eigenvalue weighted by Gasteiger charge is 2.26. The van der Waals surface area contributed by atoms with Gasteiger partial charge in [0.15, 0.2) is 5.96 Å². The zero-order valence-electron chi connectivity index (χ0n) is 16.5. The fourth-order valence-electron chi connectivity index (χ4n) is 2.98. The fourth-order valence-corrected chi connectivity index (χ4v) is 2.98. The van der Waals surface area contributed by atoms with Gasteiger partial charge in [0, 0.05) is 38.1 Å². The number of nitrogens with zero attached hydrogens (tertiary/aromatic N) is 5. The van der Waals surface area contributed by atoms with Gasteiger partial charge in [0.25, 0.3) is 0 Å². The molecule has 3 heterocycles. The van der Waals surface area contributed by atoms with Crippen LogP contribution in [0.1, 0.15) is 32.2 Å². The number of ether oxygens (including phenoxy) is 1. The van der Waals surface area contributed by atoms with Gasteiger partial charge in [-0.2, -0.15) is 0 Å². The van der Waals surface area contributed by atoms with Crippen LogP contribution in [0.4, 0.5) is 4.79 Å². The molecular formula is C19H28N6O2. The number of aryl methyl sites for hydroxylation is 1. The van der Waals surface area contributed by atoms with Crippen molar-refractivity contribution < 1.29 is 9.53 Å². The zero-order chi connectivity index (χ0) is 19.6. The minimum atomic E-state index is -0.485. The first kappa shape index (κ1) is 19.0. The monoisotopic (exact) mass is 372 g/mol. The van der Waals surface area contributed by atoms with Crippen LogP contribution in [-0.4, -0.2) is 63.0 Å². The van der Waals surface area contributed by atoms with Gasteiger partial charge in [-0.15, -0.1) is 0 Å². The molecule has 2 aromatic rings. The lowest BCUT2D eigenvalue weighted by atomic mass is 10.2. The van der Waals surface area contributed by atoms with E-state index in [0.717, 1.165) is 17.0 Å². The molecule has 27 heavy (non-hydrogen) atoms. The normalized spacial score (nSPS) is 16.1. The molecule has 146 valence electrons. The van der Waals surface area contributed by atoms with Crippen LogP contribution >= 0.6 is 0 Å². The maximum Gasteiger partial charge on any atom is 0.410 e. The van der Waals surface area contributed by atoms with Gasteiger partial charge in [0.1, 0.15) is 11.2 Å². The number of carbonyl (C=O) groups excluding carboxylic acids is 1. The van der Waals surface area contributed by atoms with Gasteiger partial charge in [-0.05, 0) is 39.8 Å². The third kappa shape index (κ3) is 4.69. The Kier molecular flexibility index (Phi) is 5.25. The highest BCUT2D eigenvalue weighted by atomic mass is 16.6. The maximum atomic E-state index is 12.1. The van der Waals surface area contributed by atoms with Crippen molar-refractivity contribution in [3.05, 3.63) is 35.8 Å². The Balaban J connectivity index is 1.56. The van der Waals surface area contributed by atoms with E-state index in [9.17, 15) is 4.79 Å². The van der Waals surface area contributed by atoms with E-state index in [1.807, 2.05) is 61.4 Å². The molecule has 0 radical (unpaired) electrons. The molecule has 1 amide bonds. The van der Waals surface area contributed by atoms with Crippen molar-refractivity contribution in [2.75, 3.05) is 26.2 Å². The number of aliphatic imine (C=N–C) groups is 1. The second-order valence-electron chi connectivity index (χ2n) is 7.76. The molecule has 1 fully saturated rings. The Morgan fingerprint density at radius 1 is 1.22 bits per heavy atom. The van der Waals surface area contributed by atoms with Crippen molar-refractivity contribution in [1.29, 1.82) is 0 Å². The smallest absolute Gasteiger partial charge is 0.410 e. The number of hydrogen-bond donors (Lipinski definition) is 1. The SMILES string of the molecule is Cc1cccc2nc(CN=C(N)N3CCN(C(=O)OC(C)(C)C)CC3)cn12. The van der Waals surface area contributed by atoms with Crippen LogP contribution in [0, 0.1) is 6.92 Å². The van der Waals surface area contributed by atoms with E-state index in [1.165, 1.54) is 0 Å². The molecule has 0 saturated carbocycles. The van der Waals surface area contributed by atoms with Crippen molar-refractivity contribution in [2.24, 2.45) is 10.7 Å². The Morgan fingerprint density at radius 2 is 1.89 bits per heavy atom. The summed E-state index contributed by atoms with van der Waals surface area (Å²) in [5, 5.41) is 0. The van der Waals surface area contributed by atoms with Crippen LogP contribution in [0.25, 0.3) is 5.65 Å². The average Bonchev–Trinajstić information content (AvgIpc) is 3.03. The van der Waals surface area contributed by atoms with E-state index in [-0.39, 0.29) is 6.09 Å². The molecule has 0 spiro atoms. The molecule has 0 bridgehead atoms. The summed E-state index contributed by atoms with van der Waals surface area (Å²) in [6.07, 6.45) is 1.71. The third-order valence-corrected chi connectivity index (χ3v) is 4.40.